The molecule has 36 heavy (non-hydrogen) atoms. The Labute approximate surface area is 220 Å². The minimum atomic E-state index is 0.431. The summed E-state index contributed by atoms with van der Waals surface area (Å²) in [5.41, 5.74) is 5.81. The fraction of sp³-hybridized carbons (Fsp3) is 0.172. The molecule has 0 N–H and O–H groups in total. The molecule has 0 bridgehead atoms. The van der Waals surface area contributed by atoms with Gasteiger partial charge in [0, 0.05) is 32.1 Å². The van der Waals surface area contributed by atoms with Crippen LogP contribution in [0.2, 0.25) is 5.02 Å². The predicted octanol–water partition coefficient (Wildman–Crippen LogP) is 7.48. The van der Waals surface area contributed by atoms with Crippen molar-refractivity contribution in [2.75, 3.05) is 6.61 Å². The molecule has 0 unspecified atom stereocenters. The number of benzene rings is 3. The third-order valence-electron chi connectivity index (χ3n) is 5.62. The predicted molar refractivity (Wildman–Crippen MR) is 147 cm³/mol. The number of fused-ring (bicyclic) bond motifs is 1. The van der Waals surface area contributed by atoms with Gasteiger partial charge in [0.1, 0.15) is 0 Å². The largest absolute Gasteiger partial charge is 0.468 e. The van der Waals surface area contributed by atoms with Gasteiger partial charge >= 0.3 is 0 Å². The molecule has 184 valence electrons. The molecule has 3 aromatic carbocycles. The fourth-order valence-corrected chi connectivity index (χ4v) is 5.33. The number of aromatic nitrogens is 3. The molecule has 0 spiro atoms. The average Bonchev–Trinajstić information content (AvgIpc) is 3.42. The molecule has 0 fully saturated rings. The number of aryl methyl sites for hydroxylation is 1. The summed E-state index contributed by atoms with van der Waals surface area (Å²) >= 11 is 8.19. The van der Waals surface area contributed by atoms with Gasteiger partial charge in [-0.1, -0.05) is 77.5 Å². The number of nitrogens with zero attached hydrogens (tertiary/aromatic N) is 3. The van der Waals surface area contributed by atoms with Crippen LogP contribution in [0.1, 0.15) is 23.7 Å². The number of rotatable bonds is 7. The summed E-state index contributed by atoms with van der Waals surface area (Å²) in [5.74, 6) is 0. The first-order valence-electron chi connectivity index (χ1n) is 11.7. The molecule has 0 saturated carbocycles. The van der Waals surface area contributed by atoms with Crippen LogP contribution in [-0.2, 0) is 16.1 Å². The molecule has 0 amide bonds. The molecule has 0 aliphatic heterocycles. The van der Waals surface area contributed by atoms with Gasteiger partial charge < -0.3 is 9.30 Å². The van der Waals surface area contributed by atoms with E-state index in [0.717, 1.165) is 22.8 Å². The summed E-state index contributed by atoms with van der Waals surface area (Å²) in [7, 11) is 0. The fourth-order valence-electron chi connectivity index (χ4n) is 4.01. The van der Waals surface area contributed by atoms with Crippen LogP contribution < -0.4 is 0 Å². The van der Waals surface area contributed by atoms with Crippen molar-refractivity contribution in [1.82, 2.24) is 14.3 Å². The number of hydrogen-bond acceptors (Lipinski definition) is 4. The third kappa shape index (κ3) is 6.01. The van der Waals surface area contributed by atoms with E-state index in [0.29, 0.717) is 13.1 Å². The Kier molecular flexibility index (Phi) is 8.52. The second kappa shape index (κ2) is 12.0. The summed E-state index contributed by atoms with van der Waals surface area (Å²) in [4.78, 5) is 11.7. The van der Waals surface area contributed by atoms with Gasteiger partial charge in [0.15, 0.2) is 0 Å². The molecule has 2 aromatic heterocycles. The highest BCUT2D eigenvalue weighted by Crippen LogP contribution is 2.40. The van der Waals surface area contributed by atoms with E-state index in [1.54, 1.807) is 18.7 Å². The Hall–Kier alpha value is -3.48. The highest BCUT2D eigenvalue weighted by atomic mass is 35.5. The Morgan fingerprint density at radius 3 is 2.53 bits per heavy atom. The summed E-state index contributed by atoms with van der Waals surface area (Å²) in [6.07, 6.45) is 4.03. The standard InChI is InChI=1S/C26H22ClN3S.C3H6O2/c1-18-7-6-10-23(13-18)31-26-19(2)30(25-14-21(27)11-12-24(25)26)22-15-28-29(17-22)16-20-8-4-3-5-9-20;1-2-5-3-4/h3-15,17H,16H2,1-2H3;3H,2H2,1H3. The quantitative estimate of drug-likeness (QED) is 0.210. The van der Waals surface area contributed by atoms with Crippen LogP contribution in [-0.4, -0.2) is 27.4 Å². The zero-order valence-corrected chi connectivity index (χ0v) is 22.1. The lowest BCUT2D eigenvalue weighted by molar-refractivity contribution is -0.128. The third-order valence-corrected chi connectivity index (χ3v) is 7.06. The second-order valence-corrected chi connectivity index (χ2v) is 9.78. The van der Waals surface area contributed by atoms with Gasteiger partial charge in [-0.15, -0.1) is 0 Å². The first kappa shape index (κ1) is 25.6. The topological polar surface area (TPSA) is 49.1 Å². The van der Waals surface area contributed by atoms with Gasteiger partial charge in [0.05, 0.1) is 30.6 Å². The smallest absolute Gasteiger partial charge is 0.293 e. The highest BCUT2D eigenvalue weighted by Gasteiger charge is 2.18. The normalized spacial score (nSPS) is 10.7. The number of ether oxygens (including phenoxy) is 1. The summed E-state index contributed by atoms with van der Waals surface area (Å²) in [5, 5.41) is 6.55. The molecule has 0 atom stereocenters. The average molecular weight is 518 g/mol. The van der Waals surface area contributed by atoms with Crippen molar-refractivity contribution >= 4 is 40.7 Å². The van der Waals surface area contributed by atoms with Crippen molar-refractivity contribution in [3.8, 4) is 5.69 Å². The van der Waals surface area contributed by atoms with Gasteiger partial charge in [0.2, 0.25) is 0 Å². The number of carbonyl (C=O) groups excluding carboxylic acids is 1. The first-order valence-corrected chi connectivity index (χ1v) is 12.9. The van der Waals surface area contributed by atoms with E-state index in [-0.39, 0.29) is 0 Å². The van der Waals surface area contributed by atoms with E-state index in [1.165, 1.54) is 32.0 Å². The van der Waals surface area contributed by atoms with E-state index in [9.17, 15) is 4.79 Å². The number of halogens is 1. The maximum Gasteiger partial charge on any atom is 0.293 e. The van der Waals surface area contributed by atoms with E-state index in [1.807, 2.05) is 29.1 Å². The molecular weight excluding hydrogens is 490 g/mol. The Morgan fingerprint density at radius 1 is 1.03 bits per heavy atom. The van der Waals surface area contributed by atoms with Crippen LogP contribution in [0.25, 0.3) is 16.6 Å². The number of hydrogen-bond donors (Lipinski definition) is 0. The van der Waals surface area contributed by atoms with Crippen LogP contribution >= 0.6 is 23.4 Å². The molecule has 5 aromatic rings. The van der Waals surface area contributed by atoms with Crippen LogP contribution in [0.5, 0.6) is 0 Å². The van der Waals surface area contributed by atoms with Crippen molar-refractivity contribution in [2.24, 2.45) is 0 Å². The molecule has 0 radical (unpaired) electrons. The molecule has 5 rings (SSSR count). The van der Waals surface area contributed by atoms with Gasteiger partial charge in [0.25, 0.3) is 6.47 Å². The zero-order chi connectivity index (χ0) is 25.5. The summed E-state index contributed by atoms with van der Waals surface area (Å²) in [6, 6.07) is 25.1. The number of carbonyl (C=O) groups is 1. The van der Waals surface area contributed by atoms with E-state index < -0.39 is 0 Å². The van der Waals surface area contributed by atoms with Crippen molar-refractivity contribution < 1.29 is 9.53 Å². The molecule has 0 aliphatic rings. The van der Waals surface area contributed by atoms with Gasteiger partial charge in [-0.2, -0.15) is 5.10 Å². The van der Waals surface area contributed by atoms with E-state index in [2.05, 4.69) is 89.0 Å². The van der Waals surface area contributed by atoms with Gasteiger partial charge in [-0.25, -0.2) is 0 Å². The van der Waals surface area contributed by atoms with Gasteiger partial charge in [-0.05, 0) is 50.6 Å². The van der Waals surface area contributed by atoms with Crippen LogP contribution in [0.15, 0.2) is 95.0 Å². The SMILES string of the molecule is CCOC=O.Cc1cccc(Sc2c(C)n(-c3cnn(Cc4ccccc4)c3)c3cc(Cl)ccc23)c1. The van der Waals surface area contributed by atoms with E-state index >= 15 is 0 Å². The van der Waals surface area contributed by atoms with E-state index in [4.69, 9.17) is 11.6 Å². The summed E-state index contributed by atoms with van der Waals surface area (Å²) < 4.78 is 8.39. The zero-order valence-electron chi connectivity index (χ0n) is 20.5. The van der Waals surface area contributed by atoms with Crippen molar-refractivity contribution in [2.45, 2.75) is 37.1 Å². The minimum Gasteiger partial charge on any atom is -0.468 e. The molecule has 0 aliphatic carbocycles. The Bertz CT molecular complexity index is 1460. The second-order valence-electron chi connectivity index (χ2n) is 8.26. The lowest BCUT2D eigenvalue weighted by Crippen LogP contribution is -2.00. The van der Waals surface area contributed by atoms with Crippen molar-refractivity contribution in [1.29, 1.82) is 0 Å². The monoisotopic (exact) mass is 517 g/mol. The molecular formula is C29H28ClN3O2S. The lowest BCUT2D eigenvalue weighted by Gasteiger charge is -2.07. The molecule has 2 heterocycles. The Morgan fingerprint density at radius 2 is 1.83 bits per heavy atom. The maximum absolute atomic E-state index is 9.18. The van der Waals surface area contributed by atoms with Crippen molar-refractivity contribution in [3.05, 3.63) is 107 Å². The van der Waals surface area contributed by atoms with Crippen LogP contribution in [0.3, 0.4) is 0 Å². The minimum absolute atomic E-state index is 0.431. The Balaban J connectivity index is 0.000000556. The summed E-state index contributed by atoms with van der Waals surface area (Å²) in [6.45, 7) is 7.70. The first-order chi connectivity index (χ1) is 17.5. The maximum atomic E-state index is 9.18. The molecule has 5 nitrogen and oxygen atoms in total. The molecule has 7 heteroatoms. The van der Waals surface area contributed by atoms with Crippen molar-refractivity contribution in [3.63, 3.8) is 0 Å². The van der Waals surface area contributed by atoms with Gasteiger partial charge in [-0.3, -0.25) is 9.48 Å². The van der Waals surface area contributed by atoms with Crippen LogP contribution in [0, 0.1) is 13.8 Å². The highest BCUT2D eigenvalue weighted by molar-refractivity contribution is 7.99. The van der Waals surface area contributed by atoms with Crippen LogP contribution in [0.4, 0.5) is 0 Å². The molecule has 0 saturated heterocycles. The lowest BCUT2D eigenvalue weighted by atomic mass is 10.2.